The molecule has 0 radical (unpaired) electrons. The molecule has 1 saturated heterocycles. The minimum Gasteiger partial charge on any atom is -0.382 e. The molecule has 1 aromatic heterocycles. The van der Waals surface area contributed by atoms with Crippen molar-refractivity contribution < 1.29 is 4.39 Å². The zero-order chi connectivity index (χ0) is 22.1. The molecule has 3 heterocycles. The van der Waals surface area contributed by atoms with Gasteiger partial charge in [-0.25, -0.2) is 9.37 Å². The number of hydrogen-bond acceptors (Lipinski definition) is 7. The van der Waals surface area contributed by atoms with Gasteiger partial charge in [0, 0.05) is 36.1 Å². The highest BCUT2D eigenvalue weighted by molar-refractivity contribution is 6.36. The number of nitrogens with zero attached hydrogens (tertiary/aromatic N) is 5. The van der Waals surface area contributed by atoms with E-state index in [0.717, 1.165) is 25.3 Å². The lowest BCUT2D eigenvalue weighted by Gasteiger charge is -2.30. The summed E-state index contributed by atoms with van der Waals surface area (Å²) in [5, 5.41) is 16.0. The Morgan fingerprint density at radius 1 is 1.39 bits per heavy atom. The number of nitrogens with two attached hydrogens (primary N) is 1. The molecule has 2 aromatic rings. The van der Waals surface area contributed by atoms with Crippen molar-refractivity contribution >= 4 is 34.7 Å². The van der Waals surface area contributed by atoms with Crippen LogP contribution < -0.4 is 5.73 Å². The van der Waals surface area contributed by atoms with Gasteiger partial charge in [-0.1, -0.05) is 23.2 Å². The Morgan fingerprint density at radius 2 is 2.19 bits per heavy atom. The third-order valence-electron chi connectivity index (χ3n) is 5.55. The summed E-state index contributed by atoms with van der Waals surface area (Å²) in [7, 11) is 2.07. The predicted molar refractivity (Wildman–Crippen MR) is 119 cm³/mol. The van der Waals surface area contributed by atoms with Crippen molar-refractivity contribution in [2.24, 2.45) is 10.7 Å². The van der Waals surface area contributed by atoms with E-state index in [4.69, 9.17) is 34.3 Å². The van der Waals surface area contributed by atoms with Crippen molar-refractivity contribution in [2.75, 3.05) is 33.2 Å². The summed E-state index contributed by atoms with van der Waals surface area (Å²) in [5.74, 6) is 1.10. The molecule has 4 rings (SSSR count). The van der Waals surface area contributed by atoms with Crippen LogP contribution in [0.3, 0.4) is 0 Å². The maximum absolute atomic E-state index is 13.9. The van der Waals surface area contributed by atoms with E-state index < -0.39 is 5.82 Å². The molecule has 0 spiro atoms. The molecule has 1 aromatic carbocycles. The van der Waals surface area contributed by atoms with Crippen LogP contribution in [0.5, 0.6) is 0 Å². The fourth-order valence-corrected chi connectivity index (χ4v) is 4.32. The number of rotatable bonds is 5. The van der Waals surface area contributed by atoms with Crippen molar-refractivity contribution in [3.63, 3.8) is 0 Å². The average molecular weight is 465 g/mol. The van der Waals surface area contributed by atoms with Gasteiger partial charge in [0.05, 0.1) is 17.3 Å². The number of amidine groups is 1. The van der Waals surface area contributed by atoms with Gasteiger partial charge in [-0.3, -0.25) is 15.5 Å². The number of aliphatic imine (C=N–C) groups is 1. The number of aromatic nitrogens is 3. The lowest BCUT2D eigenvalue weighted by molar-refractivity contribution is 0.352. The molecule has 4 N–H and O–H groups in total. The molecule has 2 aliphatic heterocycles. The van der Waals surface area contributed by atoms with E-state index in [-0.39, 0.29) is 34.9 Å². The number of halogens is 3. The SMILES string of the molecule is CN1CCC(c2nc(C(=N)/C=C3\C(N)=NCCN3Cc3c(Cl)ccc(F)c3Cl)n[nH]2)C1. The Kier molecular flexibility index (Phi) is 6.27. The molecule has 0 amide bonds. The van der Waals surface area contributed by atoms with Crippen LogP contribution in [0.15, 0.2) is 28.9 Å². The van der Waals surface area contributed by atoms with Gasteiger partial charge in [0.1, 0.15) is 23.2 Å². The van der Waals surface area contributed by atoms with Gasteiger partial charge in [0.2, 0.25) is 0 Å². The Balaban J connectivity index is 1.58. The van der Waals surface area contributed by atoms with Crippen molar-refractivity contribution in [3.05, 3.63) is 57.0 Å². The van der Waals surface area contributed by atoms with Crippen LogP contribution >= 0.6 is 23.2 Å². The average Bonchev–Trinajstić information content (AvgIpc) is 3.39. The van der Waals surface area contributed by atoms with Gasteiger partial charge in [-0.2, -0.15) is 5.10 Å². The van der Waals surface area contributed by atoms with Gasteiger partial charge < -0.3 is 15.5 Å². The van der Waals surface area contributed by atoms with Crippen molar-refractivity contribution in [1.29, 1.82) is 5.41 Å². The normalized spacial score (nSPS) is 21.0. The summed E-state index contributed by atoms with van der Waals surface area (Å²) in [6, 6.07) is 2.70. The van der Waals surface area contributed by atoms with E-state index in [1.807, 2.05) is 4.90 Å². The van der Waals surface area contributed by atoms with Crippen LogP contribution in [-0.4, -0.2) is 69.8 Å². The molecule has 8 nitrogen and oxygen atoms in total. The van der Waals surface area contributed by atoms with Crippen molar-refractivity contribution in [2.45, 2.75) is 18.9 Å². The van der Waals surface area contributed by atoms with Gasteiger partial charge >= 0.3 is 0 Å². The number of allylic oxidation sites excluding steroid dienone is 1. The van der Waals surface area contributed by atoms with E-state index in [0.29, 0.717) is 29.4 Å². The lowest BCUT2D eigenvalue weighted by atomic mass is 10.1. The van der Waals surface area contributed by atoms with Gasteiger partial charge in [-0.15, -0.1) is 0 Å². The number of likely N-dealkylation sites (N-methyl/N-ethyl adjacent to an activating group) is 1. The highest BCUT2D eigenvalue weighted by Gasteiger charge is 2.26. The Labute approximate surface area is 189 Å². The Bertz CT molecular complexity index is 1060. The van der Waals surface area contributed by atoms with E-state index >= 15 is 0 Å². The largest absolute Gasteiger partial charge is 0.382 e. The smallest absolute Gasteiger partial charge is 0.199 e. The van der Waals surface area contributed by atoms with Crippen LogP contribution in [0.25, 0.3) is 0 Å². The monoisotopic (exact) mass is 464 g/mol. The van der Waals surface area contributed by atoms with Crippen LogP contribution in [0.2, 0.25) is 10.0 Å². The van der Waals surface area contributed by atoms with E-state index in [1.165, 1.54) is 12.1 Å². The molecule has 11 heteroatoms. The van der Waals surface area contributed by atoms with Crippen LogP contribution in [0.1, 0.15) is 29.6 Å². The first-order valence-electron chi connectivity index (χ1n) is 9.92. The second-order valence-corrected chi connectivity index (χ2v) is 8.53. The third-order valence-corrected chi connectivity index (χ3v) is 6.31. The molecule has 1 fully saturated rings. The zero-order valence-electron chi connectivity index (χ0n) is 17.0. The summed E-state index contributed by atoms with van der Waals surface area (Å²) in [5.41, 5.74) is 7.21. The molecule has 0 aliphatic carbocycles. The number of aromatic amines is 1. The van der Waals surface area contributed by atoms with Crippen molar-refractivity contribution in [1.82, 2.24) is 25.0 Å². The summed E-state index contributed by atoms with van der Waals surface area (Å²) < 4.78 is 13.9. The molecule has 1 atom stereocenters. The second kappa shape index (κ2) is 8.94. The summed E-state index contributed by atoms with van der Waals surface area (Å²) >= 11 is 12.4. The maximum Gasteiger partial charge on any atom is 0.199 e. The minimum atomic E-state index is -0.538. The summed E-state index contributed by atoms with van der Waals surface area (Å²) in [6.45, 7) is 3.15. The Hall–Kier alpha value is -2.49. The highest BCUT2D eigenvalue weighted by atomic mass is 35.5. The standard InChI is InChI=1S/C20H23Cl2FN8/c1-30-6-4-11(9-30)19-27-20(29-28-19)15(24)8-16-18(25)26-5-7-31(16)10-12-13(21)2-3-14(23)17(12)22/h2-3,8,11,24H,4-7,9-10H2,1H3,(H2,25,26)(H,27,28,29)/b16-8+,24-15?. The van der Waals surface area contributed by atoms with Crippen LogP contribution in [0, 0.1) is 11.2 Å². The molecule has 31 heavy (non-hydrogen) atoms. The van der Waals surface area contributed by atoms with E-state index in [1.54, 1.807) is 6.08 Å². The highest BCUT2D eigenvalue weighted by Crippen LogP contribution is 2.30. The van der Waals surface area contributed by atoms with Crippen molar-refractivity contribution in [3.8, 4) is 0 Å². The molecular formula is C20H23Cl2FN8. The fraction of sp³-hybridized carbons (Fsp3) is 0.400. The summed E-state index contributed by atoms with van der Waals surface area (Å²) in [4.78, 5) is 12.9. The zero-order valence-corrected chi connectivity index (χ0v) is 18.5. The quantitative estimate of drug-likeness (QED) is 0.465. The van der Waals surface area contributed by atoms with Gasteiger partial charge in [0.25, 0.3) is 0 Å². The third kappa shape index (κ3) is 4.58. The number of H-pyrrole nitrogens is 1. The first-order valence-corrected chi connectivity index (χ1v) is 10.7. The molecular weight excluding hydrogens is 442 g/mol. The molecule has 0 saturated carbocycles. The van der Waals surface area contributed by atoms with E-state index in [9.17, 15) is 4.39 Å². The topological polar surface area (TPSA) is 110 Å². The van der Waals surface area contributed by atoms with Gasteiger partial charge in [0.15, 0.2) is 5.82 Å². The Morgan fingerprint density at radius 3 is 2.94 bits per heavy atom. The van der Waals surface area contributed by atoms with Crippen LogP contribution in [0.4, 0.5) is 4.39 Å². The number of nitrogens with one attached hydrogen (secondary N) is 2. The number of likely N-dealkylation sites (tertiary alicyclic amines) is 1. The first-order chi connectivity index (χ1) is 14.8. The second-order valence-electron chi connectivity index (χ2n) is 7.75. The van der Waals surface area contributed by atoms with Gasteiger partial charge in [-0.05, 0) is 38.2 Å². The van der Waals surface area contributed by atoms with Crippen LogP contribution in [-0.2, 0) is 6.54 Å². The molecule has 164 valence electrons. The molecule has 2 aliphatic rings. The lowest BCUT2D eigenvalue weighted by Crippen LogP contribution is -2.38. The minimum absolute atomic E-state index is 0.0249. The summed E-state index contributed by atoms with van der Waals surface area (Å²) in [6.07, 6.45) is 2.58. The van der Waals surface area contributed by atoms with E-state index in [2.05, 4.69) is 32.1 Å². The number of benzene rings is 1. The molecule has 1 unspecified atom stereocenters. The first kappa shape index (κ1) is 21.7. The number of hydrogen-bond donors (Lipinski definition) is 3. The maximum atomic E-state index is 13.9. The fourth-order valence-electron chi connectivity index (χ4n) is 3.83. The predicted octanol–water partition coefficient (Wildman–Crippen LogP) is 2.79. The molecule has 0 bridgehead atoms.